The molecule has 5 nitrogen and oxygen atoms in total. The molecule has 1 amide bonds. The van der Waals surface area contributed by atoms with Gasteiger partial charge in [0.05, 0.1) is 5.56 Å². The Bertz CT molecular complexity index is 662. The van der Waals surface area contributed by atoms with E-state index in [0.717, 1.165) is 38.5 Å². The van der Waals surface area contributed by atoms with Crippen molar-refractivity contribution in [1.29, 1.82) is 0 Å². The van der Waals surface area contributed by atoms with Crippen molar-refractivity contribution in [3.63, 3.8) is 0 Å². The number of nitrogens with zero attached hydrogens (tertiary/aromatic N) is 4. The van der Waals surface area contributed by atoms with Crippen LogP contribution in [0.3, 0.4) is 0 Å². The van der Waals surface area contributed by atoms with Gasteiger partial charge in [-0.05, 0) is 17.7 Å². The SMILES string of the molecule is CN(C)c1ccc(C(=O)N2CCN(Cc3ccccc3)CC2)cn1. The summed E-state index contributed by atoms with van der Waals surface area (Å²) in [6.07, 6.45) is 1.67. The van der Waals surface area contributed by atoms with Crippen LogP contribution in [-0.2, 0) is 6.54 Å². The smallest absolute Gasteiger partial charge is 0.255 e. The molecule has 1 aliphatic rings. The van der Waals surface area contributed by atoms with Gasteiger partial charge >= 0.3 is 0 Å². The highest BCUT2D eigenvalue weighted by atomic mass is 16.2. The minimum atomic E-state index is 0.0761. The summed E-state index contributed by atoms with van der Waals surface area (Å²) < 4.78 is 0. The number of anilines is 1. The van der Waals surface area contributed by atoms with Crippen molar-refractivity contribution in [2.24, 2.45) is 0 Å². The highest BCUT2D eigenvalue weighted by molar-refractivity contribution is 5.94. The fourth-order valence-electron chi connectivity index (χ4n) is 2.91. The monoisotopic (exact) mass is 324 g/mol. The lowest BCUT2D eigenvalue weighted by molar-refractivity contribution is 0.0628. The maximum atomic E-state index is 12.6. The first-order chi connectivity index (χ1) is 11.6. The molecule has 5 heteroatoms. The summed E-state index contributed by atoms with van der Waals surface area (Å²) in [6, 6.07) is 14.2. The predicted molar refractivity (Wildman–Crippen MR) is 96.2 cm³/mol. The van der Waals surface area contributed by atoms with Crippen LogP contribution in [0.5, 0.6) is 0 Å². The van der Waals surface area contributed by atoms with E-state index in [2.05, 4.69) is 34.1 Å². The molecule has 2 heterocycles. The number of amides is 1. The normalized spacial score (nSPS) is 15.3. The van der Waals surface area contributed by atoms with Crippen molar-refractivity contribution in [2.45, 2.75) is 6.54 Å². The van der Waals surface area contributed by atoms with E-state index in [0.29, 0.717) is 5.56 Å². The third-order valence-electron chi connectivity index (χ3n) is 4.36. The molecule has 0 unspecified atom stereocenters. The molecule has 24 heavy (non-hydrogen) atoms. The lowest BCUT2D eigenvalue weighted by Gasteiger charge is -2.34. The van der Waals surface area contributed by atoms with Crippen LogP contribution in [-0.4, -0.2) is 61.0 Å². The molecule has 0 bridgehead atoms. The second-order valence-corrected chi connectivity index (χ2v) is 6.35. The molecule has 2 aromatic rings. The van der Waals surface area contributed by atoms with Crippen LogP contribution in [0.4, 0.5) is 5.82 Å². The van der Waals surface area contributed by atoms with Crippen molar-refractivity contribution < 1.29 is 4.79 Å². The zero-order chi connectivity index (χ0) is 16.9. The minimum absolute atomic E-state index is 0.0761. The Hall–Kier alpha value is -2.40. The molecule has 0 N–H and O–H groups in total. The van der Waals surface area contributed by atoms with E-state index in [4.69, 9.17) is 0 Å². The second-order valence-electron chi connectivity index (χ2n) is 6.35. The van der Waals surface area contributed by atoms with Crippen LogP contribution in [0.15, 0.2) is 48.7 Å². The molecule has 3 rings (SSSR count). The number of rotatable bonds is 4. The lowest BCUT2D eigenvalue weighted by Crippen LogP contribution is -2.48. The molecule has 0 spiro atoms. The molecule has 1 aromatic heterocycles. The molecule has 1 fully saturated rings. The molecule has 1 aliphatic heterocycles. The molecule has 0 radical (unpaired) electrons. The van der Waals surface area contributed by atoms with Crippen LogP contribution in [0, 0.1) is 0 Å². The van der Waals surface area contributed by atoms with Crippen LogP contribution < -0.4 is 4.90 Å². The summed E-state index contributed by atoms with van der Waals surface area (Å²) in [4.78, 5) is 23.2. The first-order valence-corrected chi connectivity index (χ1v) is 8.32. The average Bonchev–Trinajstić information content (AvgIpc) is 2.63. The van der Waals surface area contributed by atoms with Crippen molar-refractivity contribution in [3.8, 4) is 0 Å². The van der Waals surface area contributed by atoms with Crippen LogP contribution >= 0.6 is 0 Å². The highest BCUT2D eigenvalue weighted by Crippen LogP contribution is 2.13. The summed E-state index contributed by atoms with van der Waals surface area (Å²) in [5, 5.41) is 0. The van der Waals surface area contributed by atoms with Crippen molar-refractivity contribution in [1.82, 2.24) is 14.8 Å². The number of aromatic nitrogens is 1. The van der Waals surface area contributed by atoms with Crippen molar-refractivity contribution in [2.75, 3.05) is 45.2 Å². The lowest BCUT2D eigenvalue weighted by atomic mass is 10.2. The number of piperazine rings is 1. The van der Waals surface area contributed by atoms with Gasteiger partial charge in [0, 0.05) is 53.0 Å². The van der Waals surface area contributed by atoms with E-state index < -0.39 is 0 Å². The van der Waals surface area contributed by atoms with Crippen LogP contribution in [0.1, 0.15) is 15.9 Å². The number of pyridine rings is 1. The van der Waals surface area contributed by atoms with Gasteiger partial charge in [0.2, 0.25) is 0 Å². The predicted octanol–water partition coefficient (Wildman–Crippen LogP) is 2.11. The van der Waals surface area contributed by atoms with Gasteiger partial charge in [-0.2, -0.15) is 0 Å². The van der Waals surface area contributed by atoms with Gasteiger partial charge in [0.1, 0.15) is 5.82 Å². The zero-order valence-electron chi connectivity index (χ0n) is 14.4. The summed E-state index contributed by atoms with van der Waals surface area (Å²) in [5.74, 6) is 0.936. The largest absolute Gasteiger partial charge is 0.363 e. The van der Waals surface area contributed by atoms with Crippen LogP contribution in [0.25, 0.3) is 0 Å². The molecule has 126 valence electrons. The van der Waals surface area contributed by atoms with Crippen molar-refractivity contribution in [3.05, 3.63) is 59.8 Å². The van der Waals surface area contributed by atoms with Gasteiger partial charge in [0.15, 0.2) is 0 Å². The van der Waals surface area contributed by atoms with Gasteiger partial charge in [-0.3, -0.25) is 9.69 Å². The van der Waals surface area contributed by atoms with Gasteiger partial charge in [-0.1, -0.05) is 30.3 Å². The topological polar surface area (TPSA) is 39.7 Å². The Labute approximate surface area is 143 Å². The molecule has 0 saturated carbocycles. The Kier molecular flexibility index (Phi) is 5.11. The average molecular weight is 324 g/mol. The fourth-order valence-corrected chi connectivity index (χ4v) is 2.91. The third-order valence-corrected chi connectivity index (χ3v) is 4.36. The van der Waals surface area contributed by atoms with E-state index in [-0.39, 0.29) is 5.91 Å². The Morgan fingerprint density at radius 3 is 2.33 bits per heavy atom. The fraction of sp³-hybridized carbons (Fsp3) is 0.368. The van der Waals surface area contributed by atoms with E-state index in [1.807, 2.05) is 42.1 Å². The quantitative estimate of drug-likeness (QED) is 0.863. The third kappa shape index (κ3) is 3.92. The molecule has 0 atom stereocenters. The molecular formula is C19H24N4O. The standard InChI is InChI=1S/C19H24N4O/c1-21(2)18-9-8-17(14-20-18)19(24)23-12-10-22(11-13-23)15-16-6-4-3-5-7-16/h3-9,14H,10-13,15H2,1-2H3. The highest BCUT2D eigenvalue weighted by Gasteiger charge is 2.22. The summed E-state index contributed by atoms with van der Waals surface area (Å²) in [5.41, 5.74) is 1.98. The molecular weight excluding hydrogens is 300 g/mol. The van der Waals surface area contributed by atoms with E-state index in [1.165, 1.54) is 5.56 Å². The maximum absolute atomic E-state index is 12.6. The summed E-state index contributed by atoms with van der Waals surface area (Å²) >= 11 is 0. The number of hydrogen-bond acceptors (Lipinski definition) is 4. The number of carbonyl (C=O) groups is 1. The van der Waals surface area contributed by atoms with Gasteiger partial charge < -0.3 is 9.80 Å². The molecule has 0 aliphatic carbocycles. The Balaban J connectivity index is 1.55. The number of benzene rings is 1. The first-order valence-electron chi connectivity index (χ1n) is 8.32. The molecule has 1 aromatic carbocycles. The van der Waals surface area contributed by atoms with E-state index in [9.17, 15) is 4.79 Å². The first kappa shape index (κ1) is 16.5. The minimum Gasteiger partial charge on any atom is -0.363 e. The zero-order valence-corrected chi connectivity index (χ0v) is 14.4. The summed E-state index contributed by atoms with van der Waals surface area (Å²) in [7, 11) is 3.88. The van der Waals surface area contributed by atoms with Gasteiger partial charge in [-0.25, -0.2) is 4.98 Å². The molecule has 1 saturated heterocycles. The number of hydrogen-bond donors (Lipinski definition) is 0. The van der Waals surface area contributed by atoms with Gasteiger partial charge in [-0.15, -0.1) is 0 Å². The Morgan fingerprint density at radius 1 is 1.04 bits per heavy atom. The van der Waals surface area contributed by atoms with Crippen molar-refractivity contribution >= 4 is 11.7 Å². The number of carbonyl (C=O) groups excluding carboxylic acids is 1. The summed E-state index contributed by atoms with van der Waals surface area (Å²) in [6.45, 7) is 4.29. The maximum Gasteiger partial charge on any atom is 0.255 e. The van der Waals surface area contributed by atoms with E-state index in [1.54, 1.807) is 6.20 Å². The van der Waals surface area contributed by atoms with Crippen LogP contribution in [0.2, 0.25) is 0 Å². The van der Waals surface area contributed by atoms with Gasteiger partial charge in [0.25, 0.3) is 5.91 Å². The second kappa shape index (κ2) is 7.45. The Morgan fingerprint density at radius 2 is 1.75 bits per heavy atom. The van der Waals surface area contributed by atoms with E-state index >= 15 is 0 Å².